The van der Waals surface area contributed by atoms with Crippen LogP contribution in [0.5, 0.6) is 0 Å². The first-order valence-electron chi connectivity index (χ1n) is 5.03. The van der Waals surface area contributed by atoms with Crippen LogP contribution in [0.25, 0.3) is 0 Å². The molecule has 0 bridgehead atoms. The molecular weight excluding hydrogens is 196 g/mol. The van der Waals surface area contributed by atoms with Gasteiger partial charge in [0, 0.05) is 24.0 Å². The number of hydrogen-bond donors (Lipinski definition) is 1. The first kappa shape index (κ1) is 10.0. The Balaban J connectivity index is 1.97. The zero-order valence-corrected chi connectivity index (χ0v) is 9.20. The standard InChI is InChI=1S/C9H16N4S/c1-7-9(10)3-2-4-13(7)5-8-6-14-12-11-8/h6-7,9H,2-5,10H2,1H3/t7-,9-/m1/s1. The maximum absolute atomic E-state index is 6.02. The molecule has 0 amide bonds. The molecule has 2 rings (SSSR count). The summed E-state index contributed by atoms with van der Waals surface area (Å²) in [6.45, 7) is 4.22. The van der Waals surface area contributed by atoms with Gasteiger partial charge in [-0.25, -0.2) is 0 Å². The van der Waals surface area contributed by atoms with E-state index in [4.69, 9.17) is 5.73 Å². The van der Waals surface area contributed by atoms with Crippen LogP contribution < -0.4 is 5.73 Å². The summed E-state index contributed by atoms with van der Waals surface area (Å²) in [6, 6.07) is 0.779. The van der Waals surface area contributed by atoms with Crippen LogP contribution in [0.4, 0.5) is 0 Å². The summed E-state index contributed by atoms with van der Waals surface area (Å²) >= 11 is 1.41. The Hall–Kier alpha value is -0.520. The number of rotatable bonds is 2. The molecule has 1 aliphatic heterocycles. The fraction of sp³-hybridized carbons (Fsp3) is 0.778. The summed E-state index contributed by atoms with van der Waals surface area (Å²) in [5.74, 6) is 0. The predicted molar refractivity (Wildman–Crippen MR) is 57.0 cm³/mol. The summed E-state index contributed by atoms with van der Waals surface area (Å²) < 4.78 is 3.87. The number of aromatic nitrogens is 2. The molecule has 2 heterocycles. The zero-order valence-electron chi connectivity index (χ0n) is 8.39. The molecule has 1 fully saturated rings. The van der Waals surface area contributed by atoms with Gasteiger partial charge in [-0.2, -0.15) is 0 Å². The van der Waals surface area contributed by atoms with Gasteiger partial charge in [-0.05, 0) is 37.8 Å². The van der Waals surface area contributed by atoms with Crippen LogP contribution >= 0.6 is 11.5 Å². The van der Waals surface area contributed by atoms with Crippen molar-refractivity contribution in [2.24, 2.45) is 5.73 Å². The largest absolute Gasteiger partial charge is 0.326 e. The topological polar surface area (TPSA) is 55.0 Å². The molecule has 0 aliphatic carbocycles. The Kier molecular flexibility index (Phi) is 3.10. The van der Waals surface area contributed by atoms with E-state index in [-0.39, 0.29) is 0 Å². The van der Waals surface area contributed by atoms with Gasteiger partial charge in [-0.1, -0.05) is 4.49 Å². The van der Waals surface area contributed by atoms with Gasteiger partial charge < -0.3 is 5.73 Å². The summed E-state index contributed by atoms with van der Waals surface area (Å²) in [5, 5.41) is 6.06. The third-order valence-electron chi connectivity index (χ3n) is 2.95. The van der Waals surface area contributed by atoms with Crippen LogP contribution in [-0.2, 0) is 6.54 Å². The second-order valence-electron chi connectivity index (χ2n) is 3.91. The Morgan fingerprint density at radius 1 is 1.71 bits per heavy atom. The van der Waals surface area contributed by atoms with Crippen molar-refractivity contribution >= 4 is 11.5 Å². The van der Waals surface area contributed by atoms with E-state index >= 15 is 0 Å². The minimum Gasteiger partial charge on any atom is -0.326 e. The van der Waals surface area contributed by atoms with Gasteiger partial charge in [0.15, 0.2) is 0 Å². The molecule has 0 radical (unpaired) electrons. The number of hydrogen-bond acceptors (Lipinski definition) is 5. The Morgan fingerprint density at radius 3 is 3.29 bits per heavy atom. The average molecular weight is 212 g/mol. The SMILES string of the molecule is C[C@@H]1[C@H](N)CCCN1Cc1csnn1. The van der Waals surface area contributed by atoms with Gasteiger partial charge in [0.05, 0.1) is 5.69 Å². The van der Waals surface area contributed by atoms with Crippen molar-refractivity contribution in [2.75, 3.05) is 6.54 Å². The molecule has 0 saturated carbocycles. The molecule has 4 nitrogen and oxygen atoms in total. The van der Waals surface area contributed by atoms with Crippen LogP contribution in [0.15, 0.2) is 5.38 Å². The van der Waals surface area contributed by atoms with Crippen molar-refractivity contribution in [3.05, 3.63) is 11.1 Å². The van der Waals surface area contributed by atoms with E-state index in [1.165, 1.54) is 18.0 Å². The van der Waals surface area contributed by atoms with Gasteiger partial charge >= 0.3 is 0 Å². The number of piperidine rings is 1. The monoisotopic (exact) mass is 212 g/mol. The third kappa shape index (κ3) is 2.10. The average Bonchev–Trinajstić information content (AvgIpc) is 2.66. The highest BCUT2D eigenvalue weighted by Crippen LogP contribution is 2.17. The van der Waals surface area contributed by atoms with Crippen LogP contribution in [0, 0.1) is 0 Å². The summed E-state index contributed by atoms with van der Waals surface area (Å²) in [7, 11) is 0. The van der Waals surface area contributed by atoms with E-state index in [1.54, 1.807) is 0 Å². The fourth-order valence-electron chi connectivity index (χ4n) is 1.93. The van der Waals surface area contributed by atoms with Gasteiger partial charge in [-0.3, -0.25) is 4.90 Å². The third-order valence-corrected chi connectivity index (χ3v) is 3.50. The summed E-state index contributed by atoms with van der Waals surface area (Å²) in [6.07, 6.45) is 2.34. The smallest absolute Gasteiger partial charge is 0.0895 e. The quantitative estimate of drug-likeness (QED) is 0.789. The minimum absolute atomic E-state index is 0.315. The number of nitrogens with zero attached hydrogens (tertiary/aromatic N) is 3. The van der Waals surface area contributed by atoms with E-state index in [0.29, 0.717) is 12.1 Å². The maximum atomic E-state index is 6.02. The van der Waals surface area contributed by atoms with Gasteiger partial charge in [-0.15, -0.1) is 5.10 Å². The first-order chi connectivity index (χ1) is 6.77. The van der Waals surface area contributed by atoms with Crippen LogP contribution in [-0.4, -0.2) is 33.1 Å². The van der Waals surface area contributed by atoms with Gasteiger partial charge in [0.1, 0.15) is 0 Å². The molecule has 0 aromatic carbocycles. The molecule has 14 heavy (non-hydrogen) atoms. The minimum atomic E-state index is 0.315. The number of likely N-dealkylation sites (tertiary alicyclic amines) is 1. The highest BCUT2D eigenvalue weighted by atomic mass is 32.1. The molecule has 0 unspecified atom stereocenters. The second kappa shape index (κ2) is 4.33. The normalized spacial score (nSPS) is 29.3. The molecule has 5 heteroatoms. The van der Waals surface area contributed by atoms with Gasteiger partial charge in [0.2, 0.25) is 0 Å². The van der Waals surface area contributed by atoms with Crippen molar-refractivity contribution < 1.29 is 0 Å². The zero-order chi connectivity index (χ0) is 9.97. The molecule has 2 atom stereocenters. The fourth-order valence-corrected chi connectivity index (χ4v) is 2.37. The highest BCUT2D eigenvalue weighted by molar-refractivity contribution is 7.03. The van der Waals surface area contributed by atoms with E-state index in [9.17, 15) is 0 Å². The molecule has 1 aromatic rings. The van der Waals surface area contributed by atoms with Crippen LogP contribution in [0.1, 0.15) is 25.5 Å². The van der Waals surface area contributed by atoms with E-state index in [1.807, 2.05) is 5.38 Å². The second-order valence-corrected chi connectivity index (χ2v) is 4.52. The van der Waals surface area contributed by atoms with E-state index in [0.717, 1.165) is 25.2 Å². The molecular formula is C9H16N4S. The first-order valence-corrected chi connectivity index (χ1v) is 5.86. The van der Waals surface area contributed by atoms with Crippen molar-refractivity contribution in [3.63, 3.8) is 0 Å². The van der Waals surface area contributed by atoms with Crippen molar-refractivity contribution in [3.8, 4) is 0 Å². The summed E-state index contributed by atoms with van der Waals surface area (Å²) in [4.78, 5) is 2.39. The number of nitrogens with two attached hydrogens (primary N) is 1. The lowest BCUT2D eigenvalue weighted by atomic mass is 9.98. The van der Waals surface area contributed by atoms with Crippen LogP contribution in [0.3, 0.4) is 0 Å². The Bertz CT molecular complexity index is 274. The molecule has 1 aromatic heterocycles. The summed E-state index contributed by atoms with van der Waals surface area (Å²) in [5.41, 5.74) is 7.09. The van der Waals surface area contributed by atoms with Gasteiger partial charge in [0.25, 0.3) is 0 Å². The highest BCUT2D eigenvalue weighted by Gasteiger charge is 2.25. The van der Waals surface area contributed by atoms with E-state index < -0.39 is 0 Å². The maximum Gasteiger partial charge on any atom is 0.0895 e. The molecule has 0 spiro atoms. The molecule has 1 saturated heterocycles. The predicted octanol–water partition coefficient (Wildman–Crippen LogP) is 0.850. The Labute approximate surface area is 88.3 Å². The van der Waals surface area contributed by atoms with E-state index in [2.05, 4.69) is 21.4 Å². The molecule has 1 aliphatic rings. The lowest BCUT2D eigenvalue weighted by Gasteiger charge is -2.37. The van der Waals surface area contributed by atoms with Crippen molar-refractivity contribution in [1.82, 2.24) is 14.5 Å². The van der Waals surface area contributed by atoms with Crippen molar-refractivity contribution in [2.45, 2.75) is 38.4 Å². The molecule has 78 valence electrons. The van der Waals surface area contributed by atoms with Crippen LogP contribution in [0.2, 0.25) is 0 Å². The Morgan fingerprint density at radius 2 is 2.57 bits per heavy atom. The lowest BCUT2D eigenvalue weighted by molar-refractivity contribution is 0.131. The molecule has 2 N–H and O–H groups in total. The van der Waals surface area contributed by atoms with Crippen molar-refractivity contribution in [1.29, 1.82) is 0 Å². The lowest BCUT2D eigenvalue weighted by Crippen LogP contribution is -2.49.